The molecule has 8 heteroatoms. The Morgan fingerprint density at radius 3 is 2.23 bits per heavy atom. The standard InChI is InChI=1S/C27H29N3O4S/c31-27(29-19-17-28(18-20-29)23-9-2-1-3-10-23)21-34-24-12-14-25(15-13-24)35(32,33)30-16-6-8-22-7-4-5-11-26(22)30/h1-5,7,9-15H,6,8,16-21H2. The van der Waals surface area contributed by atoms with Crippen LogP contribution in [0.2, 0.25) is 0 Å². The van der Waals surface area contributed by atoms with Crippen LogP contribution in [0, 0.1) is 0 Å². The Hall–Kier alpha value is -3.52. The second-order valence-electron chi connectivity index (χ2n) is 8.77. The van der Waals surface area contributed by atoms with Crippen molar-refractivity contribution in [2.24, 2.45) is 0 Å². The summed E-state index contributed by atoms with van der Waals surface area (Å²) in [5, 5.41) is 0. The summed E-state index contributed by atoms with van der Waals surface area (Å²) >= 11 is 0. The highest BCUT2D eigenvalue weighted by Crippen LogP contribution is 2.32. The molecule has 0 bridgehead atoms. The van der Waals surface area contributed by atoms with Crippen molar-refractivity contribution in [1.82, 2.24) is 4.90 Å². The third kappa shape index (κ3) is 4.98. The SMILES string of the molecule is O=C(COc1ccc(S(=O)(=O)N2CCCc3ccccc32)cc1)N1CCN(c2ccccc2)CC1. The number of sulfonamides is 1. The van der Waals surface area contributed by atoms with Gasteiger partial charge in [0.2, 0.25) is 0 Å². The Kier molecular flexibility index (Phi) is 6.63. The van der Waals surface area contributed by atoms with Crippen LogP contribution < -0.4 is 13.9 Å². The van der Waals surface area contributed by atoms with E-state index in [-0.39, 0.29) is 17.4 Å². The number of anilines is 2. The first-order valence-corrected chi connectivity index (χ1v) is 13.4. The Labute approximate surface area is 206 Å². The van der Waals surface area contributed by atoms with Gasteiger partial charge in [0.15, 0.2) is 6.61 Å². The van der Waals surface area contributed by atoms with Crippen molar-refractivity contribution >= 4 is 27.3 Å². The first-order valence-electron chi connectivity index (χ1n) is 11.9. The molecule has 1 fully saturated rings. The van der Waals surface area contributed by atoms with Gasteiger partial charge in [0.25, 0.3) is 15.9 Å². The van der Waals surface area contributed by atoms with E-state index in [0.29, 0.717) is 25.4 Å². The minimum Gasteiger partial charge on any atom is -0.484 e. The maximum absolute atomic E-state index is 13.3. The molecule has 0 N–H and O–H groups in total. The van der Waals surface area contributed by atoms with E-state index in [0.717, 1.165) is 37.2 Å². The van der Waals surface area contributed by atoms with Crippen molar-refractivity contribution in [3.8, 4) is 5.75 Å². The van der Waals surface area contributed by atoms with Crippen LogP contribution in [-0.2, 0) is 21.2 Å². The first kappa shape index (κ1) is 23.2. The predicted molar refractivity (Wildman–Crippen MR) is 136 cm³/mol. The molecule has 0 aromatic heterocycles. The fourth-order valence-electron chi connectivity index (χ4n) is 4.67. The minimum atomic E-state index is -3.67. The number of rotatable bonds is 6. The third-order valence-electron chi connectivity index (χ3n) is 6.60. The van der Waals surface area contributed by atoms with Gasteiger partial charge in [0, 0.05) is 38.4 Å². The van der Waals surface area contributed by atoms with Gasteiger partial charge in [0.1, 0.15) is 5.75 Å². The van der Waals surface area contributed by atoms with Crippen molar-refractivity contribution in [2.75, 3.05) is 48.5 Å². The zero-order valence-electron chi connectivity index (χ0n) is 19.5. The van der Waals surface area contributed by atoms with Gasteiger partial charge in [-0.15, -0.1) is 0 Å². The van der Waals surface area contributed by atoms with Crippen molar-refractivity contribution in [3.63, 3.8) is 0 Å². The average Bonchev–Trinajstić information content (AvgIpc) is 2.92. The number of fused-ring (bicyclic) bond motifs is 1. The number of carbonyl (C=O) groups excluding carboxylic acids is 1. The number of aryl methyl sites for hydroxylation is 1. The molecular weight excluding hydrogens is 462 g/mol. The molecule has 182 valence electrons. The number of benzene rings is 3. The number of ether oxygens (including phenoxy) is 1. The Balaban J connectivity index is 1.17. The van der Waals surface area contributed by atoms with Crippen molar-refractivity contribution < 1.29 is 17.9 Å². The van der Waals surface area contributed by atoms with Crippen LogP contribution >= 0.6 is 0 Å². The number of hydrogen-bond acceptors (Lipinski definition) is 5. The summed E-state index contributed by atoms with van der Waals surface area (Å²) < 4.78 is 33.7. The molecule has 3 aromatic carbocycles. The molecule has 2 aliphatic heterocycles. The van der Waals surface area contributed by atoms with E-state index < -0.39 is 10.0 Å². The summed E-state index contributed by atoms with van der Waals surface area (Å²) in [5.74, 6) is 0.401. The van der Waals surface area contributed by atoms with Gasteiger partial charge in [0.05, 0.1) is 10.6 Å². The molecule has 0 unspecified atom stereocenters. The second kappa shape index (κ2) is 10.00. The summed E-state index contributed by atoms with van der Waals surface area (Å²) in [4.78, 5) is 16.9. The van der Waals surface area contributed by atoms with Gasteiger partial charge < -0.3 is 14.5 Å². The quantitative estimate of drug-likeness (QED) is 0.528. The van der Waals surface area contributed by atoms with Crippen molar-refractivity contribution in [3.05, 3.63) is 84.4 Å². The van der Waals surface area contributed by atoms with Crippen LogP contribution in [0.15, 0.2) is 83.8 Å². The molecule has 0 saturated carbocycles. The maximum atomic E-state index is 13.3. The van der Waals surface area contributed by atoms with Gasteiger partial charge >= 0.3 is 0 Å². The van der Waals surface area contributed by atoms with Gasteiger partial charge in [-0.2, -0.15) is 0 Å². The topological polar surface area (TPSA) is 70.2 Å². The van der Waals surface area contributed by atoms with Crippen LogP contribution in [0.4, 0.5) is 11.4 Å². The second-order valence-corrected chi connectivity index (χ2v) is 10.6. The molecule has 1 saturated heterocycles. The molecule has 0 spiro atoms. The Bertz CT molecular complexity index is 1270. The molecule has 3 aromatic rings. The molecule has 7 nitrogen and oxygen atoms in total. The van der Waals surface area contributed by atoms with E-state index in [1.54, 1.807) is 24.3 Å². The summed E-state index contributed by atoms with van der Waals surface area (Å²) in [6.07, 6.45) is 1.67. The summed E-state index contributed by atoms with van der Waals surface area (Å²) in [6, 6.07) is 24.1. The lowest BCUT2D eigenvalue weighted by atomic mass is 10.0. The monoisotopic (exact) mass is 491 g/mol. The molecule has 0 radical (unpaired) electrons. The number of hydrogen-bond donors (Lipinski definition) is 0. The molecular formula is C27H29N3O4S. The Morgan fingerprint density at radius 2 is 1.49 bits per heavy atom. The fraction of sp³-hybridized carbons (Fsp3) is 0.296. The summed E-state index contributed by atoms with van der Waals surface area (Å²) in [7, 11) is -3.67. The van der Waals surface area contributed by atoms with Gasteiger partial charge in [-0.25, -0.2) is 8.42 Å². The zero-order valence-corrected chi connectivity index (χ0v) is 20.4. The molecule has 2 heterocycles. The van der Waals surface area contributed by atoms with E-state index in [4.69, 9.17) is 4.74 Å². The van der Waals surface area contributed by atoms with Crippen LogP contribution in [-0.4, -0.2) is 58.6 Å². The van der Waals surface area contributed by atoms with E-state index in [1.165, 1.54) is 9.99 Å². The first-order chi connectivity index (χ1) is 17.0. The van der Waals surface area contributed by atoms with E-state index >= 15 is 0 Å². The summed E-state index contributed by atoms with van der Waals surface area (Å²) in [5.41, 5.74) is 2.96. The van der Waals surface area contributed by atoms with Gasteiger partial charge in [-0.05, 0) is 60.9 Å². The predicted octanol–water partition coefficient (Wildman–Crippen LogP) is 3.56. The lowest BCUT2D eigenvalue weighted by Crippen LogP contribution is -2.50. The highest BCUT2D eigenvalue weighted by molar-refractivity contribution is 7.92. The number of para-hydroxylation sites is 2. The van der Waals surface area contributed by atoms with Crippen LogP contribution in [0.25, 0.3) is 0 Å². The molecule has 0 aliphatic carbocycles. The van der Waals surface area contributed by atoms with E-state index in [9.17, 15) is 13.2 Å². The zero-order chi connectivity index (χ0) is 24.3. The van der Waals surface area contributed by atoms with Crippen molar-refractivity contribution in [1.29, 1.82) is 0 Å². The van der Waals surface area contributed by atoms with Gasteiger partial charge in [-0.1, -0.05) is 36.4 Å². The van der Waals surface area contributed by atoms with Crippen LogP contribution in [0.5, 0.6) is 5.75 Å². The number of piperazine rings is 1. The smallest absolute Gasteiger partial charge is 0.264 e. The Morgan fingerprint density at radius 1 is 0.800 bits per heavy atom. The lowest BCUT2D eigenvalue weighted by molar-refractivity contribution is -0.133. The normalized spacial score (nSPS) is 16.1. The largest absolute Gasteiger partial charge is 0.484 e. The summed E-state index contributed by atoms with van der Waals surface area (Å²) in [6.45, 7) is 3.24. The lowest BCUT2D eigenvalue weighted by Gasteiger charge is -2.36. The van der Waals surface area contributed by atoms with E-state index in [1.807, 2.05) is 47.4 Å². The highest BCUT2D eigenvalue weighted by Gasteiger charge is 2.29. The third-order valence-corrected chi connectivity index (χ3v) is 8.42. The maximum Gasteiger partial charge on any atom is 0.264 e. The molecule has 2 aliphatic rings. The molecule has 35 heavy (non-hydrogen) atoms. The number of amides is 1. The van der Waals surface area contributed by atoms with Crippen LogP contribution in [0.3, 0.4) is 0 Å². The molecule has 1 amide bonds. The fourth-order valence-corrected chi connectivity index (χ4v) is 6.21. The average molecular weight is 492 g/mol. The molecule has 0 atom stereocenters. The van der Waals surface area contributed by atoms with E-state index in [2.05, 4.69) is 17.0 Å². The highest BCUT2D eigenvalue weighted by atomic mass is 32.2. The van der Waals surface area contributed by atoms with Crippen LogP contribution in [0.1, 0.15) is 12.0 Å². The minimum absolute atomic E-state index is 0.0701. The number of nitrogens with zero attached hydrogens (tertiary/aromatic N) is 3. The van der Waals surface area contributed by atoms with Crippen molar-refractivity contribution in [2.45, 2.75) is 17.7 Å². The van der Waals surface area contributed by atoms with Gasteiger partial charge in [-0.3, -0.25) is 9.10 Å². The molecule has 5 rings (SSSR count). The number of carbonyl (C=O) groups is 1.